The third-order valence-electron chi connectivity index (χ3n) is 3.11. The third-order valence-corrected chi connectivity index (χ3v) is 3.35. The molecule has 0 saturated carbocycles. The van der Waals surface area contributed by atoms with Crippen LogP contribution in [0.1, 0.15) is 15.9 Å². The smallest absolute Gasteiger partial charge is 0.255 e. The van der Waals surface area contributed by atoms with Crippen molar-refractivity contribution < 1.29 is 19.4 Å². The quantitative estimate of drug-likeness (QED) is 0.763. The number of aromatic hydroxyl groups is 1. The minimum atomic E-state index is -0.370. The fourth-order valence-electron chi connectivity index (χ4n) is 1.96. The summed E-state index contributed by atoms with van der Waals surface area (Å²) in [6, 6.07) is 11.8. The third kappa shape index (κ3) is 5.16. The molecule has 0 aliphatic carbocycles. The molecule has 2 aromatic rings. The van der Waals surface area contributed by atoms with Gasteiger partial charge in [0.15, 0.2) is 0 Å². The van der Waals surface area contributed by atoms with Crippen LogP contribution in [-0.4, -0.2) is 31.3 Å². The number of phenolic OH excluding ortho intramolecular Hbond substituents is 1. The van der Waals surface area contributed by atoms with E-state index in [4.69, 9.17) is 21.1 Å². The zero-order valence-electron chi connectivity index (χ0n) is 12.7. The molecule has 0 heterocycles. The maximum Gasteiger partial charge on any atom is 0.255 e. The van der Waals surface area contributed by atoms with Gasteiger partial charge in [0.05, 0.1) is 12.2 Å². The van der Waals surface area contributed by atoms with E-state index in [0.717, 1.165) is 5.56 Å². The van der Waals surface area contributed by atoms with E-state index in [1.165, 1.54) is 12.1 Å². The number of benzene rings is 2. The predicted octanol–water partition coefficient (Wildman–Crippen LogP) is 3.00. The van der Waals surface area contributed by atoms with E-state index in [0.29, 0.717) is 30.5 Å². The lowest BCUT2D eigenvalue weighted by Crippen LogP contribution is -2.22. The van der Waals surface area contributed by atoms with E-state index >= 15 is 0 Å². The molecule has 0 aliphatic heterocycles. The zero-order chi connectivity index (χ0) is 16.7. The van der Waals surface area contributed by atoms with Gasteiger partial charge in [-0.1, -0.05) is 23.7 Å². The van der Waals surface area contributed by atoms with Gasteiger partial charge >= 0.3 is 0 Å². The summed E-state index contributed by atoms with van der Waals surface area (Å²) in [5, 5.41) is 13.3. The summed E-state index contributed by atoms with van der Waals surface area (Å²) < 4.78 is 10.3. The van der Waals surface area contributed by atoms with Gasteiger partial charge in [-0.05, 0) is 29.8 Å². The number of phenols is 1. The first-order chi connectivity index (χ1) is 11.1. The average molecular weight is 336 g/mol. The molecule has 2 N–H and O–H groups in total. The van der Waals surface area contributed by atoms with Crippen LogP contribution < -0.4 is 10.1 Å². The van der Waals surface area contributed by atoms with Gasteiger partial charge < -0.3 is 19.9 Å². The first-order valence-corrected chi connectivity index (χ1v) is 7.45. The predicted molar refractivity (Wildman–Crippen MR) is 88.1 cm³/mol. The van der Waals surface area contributed by atoms with Gasteiger partial charge in [-0.2, -0.15) is 0 Å². The van der Waals surface area contributed by atoms with E-state index < -0.39 is 0 Å². The monoisotopic (exact) mass is 335 g/mol. The van der Waals surface area contributed by atoms with Crippen LogP contribution in [-0.2, 0) is 11.3 Å². The first-order valence-electron chi connectivity index (χ1n) is 7.07. The molecule has 2 aromatic carbocycles. The Morgan fingerprint density at radius 2 is 2.04 bits per heavy atom. The Morgan fingerprint density at radius 3 is 2.74 bits per heavy atom. The minimum Gasteiger partial charge on any atom is -0.507 e. The van der Waals surface area contributed by atoms with Crippen molar-refractivity contribution in [2.75, 3.05) is 20.3 Å². The first kappa shape index (κ1) is 17.1. The number of hydrogen-bond acceptors (Lipinski definition) is 4. The summed E-state index contributed by atoms with van der Waals surface area (Å²) in [4.78, 5) is 12.1. The number of ether oxygens (including phenoxy) is 2. The molecule has 0 atom stereocenters. The lowest BCUT2D eigenvalue weighted by atomic mass is 10.1. The Kier molecular flexibility index (Phi) is 6.26. The van der Waals surface area contributed by atoms with Gasteiger partial charge in [0.2, 0.25) is 0 Å². The minimum absolute atomic E-state index is 0.136. The number of nitrogens with one attached hydrogen (secondary N) is 1. The highest BCUT2D eigenvalue weighted by molar-refractivity contribution is 6.30. The molecule has 5 nitrogen and oxygen atoms in total. The Labute approximate surface area is 139 Å². The van der Waals surface area contributed by atoms with Crippen LogP contribution in [0.5, 0.6) is 11.5 Å². The van der Waals surface area contributed by atoms with Gasteiger partial charge in [-0.25, -0.2) is 0 Å². The molecule has 0 fully saturated rings. The maximum absolute atomic E-state index is 12.1. The van der Waals surface area contributed by atoms with E-state index in [-0.39, 0.29) is 17.2 Å². The Balaban J connectivity index is 1.96. The maximum atomic E-state index is 12.1. The van der Waals surface area contributed by atoms with Crippen molar-refractivity contribution in [2.24, 2.45) is 0 Å². The SMILES string of the molecule is COCCOc1ccc(C(=O)NCc2cccc(Cl)c2)c(O)c1. The van der Waals surface area contributed by atoms with Crippen LogP contribution in [0, 0.1) is 0 Å². The van der Waals surface area contributed by atoms with Crippen molar-refractivity contribution in [2.45, 2.75) is 6.54 Å². The number of amides is 1. The fourth-order valence-corrected chi connectivity index (χ4v) is 2.17. The molecule has 0 radical (unpaired) electrons. The fraction of sp³-hybridized carbons (Fsp3) is 0.235. The number of rotatable bonds is 7. The van der Waals surface area contributed by atoms with Crippen molar-refractivity contribution in [1.29, 1.82) is 0 Å². The van der Waals surface area contributed by atoms with Crippen LogP contribution in [0.3, 0.4) is 0 Å². The van der Waals surface area contributed by atoms with E-state index in [1.807, 2.05) is 12.1 Å². The Morgan fingerprint density at radius 1 is 1.22 bits per heavy atom. The summed E-state index contributed by atoms with van der Waals surface area (Å²) in [6.45, 7) is 1.14. The van der Waals surface area contributed by atoms with Crippen molar-refractivity contribution in [3.8, 4) is 11.5 Å². The molecule has 23 heavy (non-hydrogen) atoms. The van der Waals surface area contributed by atoms with E-state index in [2.05, 4.69) is 5.32 Å². The second-order valence-corrected chi connectivity index (χ2v) is 5.27. The summed E-state index contributed by atoms with van der Waals surface area (Å²) >= 11 is 5.90. The Hall–Kier alpha value is -2.24. The van der Waals surface area contributed by atoms with Crippen LogP contribution in [0.15, 0.2) is 42.5 Å². The standard InChI is InChI=1S/C17H18ClNO4/c1-22-7-8-23-14-5-6-15(16(20)10-14)17(21)19-11-12-3-2-4-13(18)9-12/h2-6,9-10,20H,7-8,11H2,1H3,(H,19,21). The molecule has 0 spiro atoms. The van der Waals surface area contributed by atoms with Crippen LogP contribution in [0.4, 0.5) is 0 Å². The average Bonchev–Trinajstić information content (AvgIpc) is 2.53. The number of methoxy groups -OCH3 is 1. The lowest BCUT2D eigenvalue weighted by molar-refractivity contribution is 0.0948. The highest BCUT2D eigenvalue weighted by Gasteiger charge is 2.12. The molecule has 0 bridgehead atoms. The molecule has 0 aliphatic rings. The molecule has 6 heteroatoms. The number of carbonyl (C=O) groups is 1. The normalized spacial score (nSPS) is 10.3. The van der Waals surface area contributed by atoms with Crippen molar-refractivity contribution in [1.82, 2.24) is 5.32 Å². The molecule has 0 aromatic heterocycles. The van der Waals surface area contributed by atoms with Gasteiger partial charge in [0.25, 0.3) is 5.91 Å². The van der Waals surface area contributed by atoms with Gasteiger partial charge in [0, 0.05) is 24.7 Å². The zero-order valence-corrected chi connectivity index (χ0v) is 13.5. The van der Waals surface area contributed by atoms with Crippen LogP contribution >= 0.6 is 11.6 Å². The van der Waals surface area contributed by atoms with Crippen LogP contribution in [0.2, 0.25) is 5.02 Å². The van der Waals surface area contributed by atoms with E-state index in [1.54, 1.807) is 25.3 Å². The molecule has 2 rings (SSSR count). The molecular formula is C17H18ClNO4. The van der Waals surface area contributed by atoms with Gasteiger partial charge in [-0.15, -0.1) is 0 Å². The van der Waals surface area contributed by atoms with Crippen molar-refractivity contribution >= 4 is 17.5 Å². The molecule has 1 amide bonds. The molecule has 0 unspecified atom stereocenters. The summed E-state index contributed by atoms with van der Waals surface area (Å²) in [5.41, 5.74) is 1.07. The van der Waals surface area contributed by atoms with Gasteiger partial charge in [-0.3, -0.25) is 4.79 Å². The number of carbonyl (C=O) groups excluding carboxylic acids is 1. The highest BCUT2D eigenvalue weighted by atomic mass is 35.5. The van der Waals surface area contributed by atoms with Crippen LogP contribution in [0.25, 0.3) is 0 Å². The second kappa shape index (κ2) is 8.41. The summed E-state index contributed by atoms with van der Waals surface area (Å²) in [5.74, 6) is -0.0274. The lowest BCUT2D eigenvalue weighted by Gasteiger charge is -2.10. The summed E-state index contributed by atoms with van der Waals surface area (Å²) in [6.07, 6.45) is 0. The summed E-state index contributed by atoms with van der Waals surface area (Å²) in [7, 11) is 1.58. The highest BCUT2D eigenvalue weighted by Crippen LogP contribution is 2.23. The Bertz CT molecular complexity index is 675. The number of hydrogen-bond donors (Lipinski definition) is 2. The van der Waals surface area contributed by atoms with Gasteiger partial charge in [0.1, 0.15) is 18.1 Å². The largest absolute Gasteiger partial charge is 0.507 e. The second-order valence-electron chi connectivity index (χ2n) is 4.83. The topological polar surface area (TPSA) is 67.8 Å². The molecular weight excluding hydrogens is 318 g/mol. The number of halogens is 1. The van der Waals surface area contributed by atoms with Crippen molar-refractivity contribution in [3.05, 3.63) is 58.6 Å². The van der Waals surface area contributed by atoms with E-state index in [9.17, 15) is 9.90 Å². The molecule has 0 saturated heterocycles. The van der Waals surface area contributed by atoms with Crippen molar-refractivity contribution in [3.63, 3.8) is 0 Å². The molecule has 122 valence electrons.